The van der Waals surface area contributed by atoms with Crippen molar-refractivity contribution in [2.24, 2.45) is 0 Å². The molecular weight excluding hydrogens is 194 g/mol. The van der Waals surface area contributed by atoms with Crippen molar-refractivity contribution in [3.05, 3.63) is 48.7 Å². The summed E-state index contributed by atoms with van der Waals surface area (Å²) in [6, 6.07) is 8.88. The fourth-order valence-corrected chi connectivity index (χ4v) is 1.12. The lowest BCUT2D eigenvalue weighted by Gasteiger charge is -2.01. The van der Waals surface area contributed by atoms with Gasteiger partial charge in [-0.1, -0.05) is 18.2 Å². The minimum atomic E-state index is -0.386. The number of aromatic nitrogens is 1. The highest BCUT2D eigenvalue weighted by atomic mass is 16.5. The highest BCUT2D eigenvalue weighted by Crippen LogP contribution is 2.09. The van der Waals surface area contributed by atoms with Crippen molar-refractivity contribution in [3.63, 3.8) is 0 Å². The van der Waals surface area contributed by atoms with Crippen molar-refractivity contribution in [2.75, 3.05) is 0 Å². The number of esters is 1. The first-order chi connectivity index (χ1) is 7.34. The van der Waals surface area contributed by atoms with E-state index < -0.39 is 0 Å². The molecule has 1 aromatic carbocycles. The fraction of sp³-hybridized carbons (Fsp3) is 0.0909. The summed E-state index contributed by atoms with van der Waals surface area (Å²) < 4.78 is 9.98. The Morgan fingerprint density at radius 2 is 2.13 bits per heavy atom. The van der Waals surface area contributed by atoms with Crippen LogP contribution in [0.15, 0.2) is 47.2 Å². The molecule has 4 heteroatoms. The van der Waals surface area contributed by atoms with Gasteiger partial charge in [0.2, 0.25) is 5.89 Å². The lowest BCUT2D eigenvalue weighted by Crippen LogP contribution is -2.11. The molecule has 1 aromatic heterocycles. The maximum Gasteiger partial charge on any atom is 0.320 e. The van der Waals surface area contributed by atoms with Gasteiger partial charge in [-0.05, 0) is 12.1 Å². The van der Waals surface area contributed by atoms with E-state index in [2.05, 4.69) is 4.98 Å². The zero-order chi connectivity index (χ0) is 10.5. The van der Waals surface area contributed by atoms with Crippen molar-refractivity contribution in [3.8, 4) is 5.75 Å². The number of para-hydroxylation sites is 1. The maximum atomic E-state index is 11.4. The van der Waals surface area contributed by atoms with E-state index in [1.54, 1.807) is 24.3 Å². The molecule has 0 saturated carbocycles. The third-order valence-electron chi connectivity index (χ3n) is 1.75. The van der Waals surface area contributed by atoms with Gasteiger partial charge < -0.3 is 9.15 Å². The van der Waals surface area contributed by atoms with Crippen LogP contribution in [-0.4, -0.2) is 11.0 Å². The van der Waals surface area contributed by atoms with Crippen molar-refractivity contribution >= 4 is 5.97 Å². The van der Waals surface area contributed by atoms with Crippen LogP contribution in [0.1, 0.15) is 5.89 Å². The fourth-order valence-electron chi connectivity index (χ4n) is 1.12. The van der Waals surface area contributed by atoms with E-state index in [0.29, 0.717) is 11.6 Å². The molecule has 0 aliphatic heterocycles. The Labute approximate surface area is 86.5 Å². The van der Waals surface area contributed by atoms with Gasteiger partial charge >= 0.3 is 5.97 Å². The molecule has 76 valence electrons. The molecule has 1 heterocycles. The number of rotatable bonds is 3. The lowest BCUT2D eigenvalue weighted by atomic mass is 10.3. The molecule has 0 saturated heterocycles. The van der Waals surface area contributed by atoms with Crippen LogP contribution in [0.2, 0.25) is 0 Å². The summed E-state index contributed by atoms with van der Waals surface area (Å²) in [5.41, 5.74) is 0. The monoisotopic (exact) mass is 203 g/mol. The largest absolute Gasteiger partial charge is 0.448 e. The lowest BCUT2D eigenvalue weighted by molar-refractivity contribution is -0.133. The van der Waals surface area contributed by atoms with Gasteiger partial charge in [-0.2, -0.15) is 0 Å². The summed E-state index contributed by atoms with van der Waals surface area (Å²) in [5, 5.41) is 0. The molecule has 0 unspecified atom stereocenters. The van der Waals surface area contributed by atoms with Gasteiger partial charge in [0.25, 0.3) is 0 Å². The standard InChI is InChI=1S/C11H9NO3/c13-11(8-10-12-6-7-14-10)15-9-4-2-1-3-5-9/h1-7H,8H2. The molecule has 15 heavy (non-hydrogen) atoms. The van der Waals surface area contributed by atoms with Crippen LogP contribution in [0.5, 0.6) is 5.75 Å². The summed E-state index contributed by atoms with van der Waals surface area (Å²) in [6.07, 6.45) is 2.96. The molecule has 0 bridgehead atoms. The van der Waals surface area contributed by atoms with Crippen molar-refractivity contribution < 1.29 is 13.9 Å². The molecule has 0 radical (unpaired) electrons. The SMILES string of the molecule is O=C(Cc1ncco1)Oc1ccccc1. The zero-order valence-electron chi connectivity index (χ0n) is 7.92. The predicted molar refractivity (Wildman–Crippen MR) is 52.3 cm³/mol. The summed E-state index contributed by atoms with van der Waals surface area (Å²) >= 11 is 0. The van der Waals surface area contributed by atoms with E-state index in [1.165, 1.54) is 12.5 Å². The first kappa shape index (κ1) is 9.45. The first-order valence-corrected chi connectivity index (χ1v) is 4.49. The summed E-state index contributed by atoms with van der Waals surface area (Å²) in [5.74, 6) is 0.494. The molecule has 0 spiro atoms. The van der Waals surface area contributed by atoms with E-state index in [1.807, 2.05) is 6.07 Å². The number of hydrogen-bond donors (Lipinski definition) is 0. The van der Waals surface area contributed by atoms with Crippen LogP contribution >= 0.6 is 0 Å². The van der Waals surface area contributed by atoms with Crippen LogP contribution in [-0.2, 0) is 11.2 Å². The van der Waals surface area contributed by atoms with Crippen LogP contribution < -0.4 is 4.74 Å². The van der Waals surface area contributed by atoms with Gasteiger partial charge in [0.1, 0.15) is 18.4 Å². The van der Waals surface area contributed by atoms with E-state index in [4.69, 9.17) is 9.15 Å². The van der Waals surface area contributed by atoms with Crippen molar-refractivity contribution in [1.82, 2.24) is 4.98 Å². The Hall–Kier alpha value is -2.10. The maximum absolute atomic E-state index is 11.4. The van der Waals surface area contributed by atoms with E-state index in [9.17, 15) is 4.79 Å². The number of oxazole rings is 1. The Balaban J connectivity index is 1.94. The molecule has 0 aliphatic carbocycles. The molecule has 0 amide bonds. The van der Waals surface area contributed by atoms with Gasteiger partial charge in [0.05, 0.1) is 6.20 Å². The quantitative estimate of drug-likeness (QED) is 0.564. The molecule has 4 nitrogen and oxygen atoms in total. The number of benzene rings is 1. The predicted octanol–water partition coefficient (Wildman–Crippen LogP) is 1.82. The van der Waals surface area contributed by atoms with Crippen LogP contribution in [0, 0.1) is 0 Å². The second-order valence-corrected chi connectivity index (χ2v) is 2.89. The van der Waals surface area contributed by atoms with E-state index >= 15 is 0 Å². The second kappa shape index (κ2) is 4.41. The van der Waals surface area contributed by atoms with Gasteiger partial charge in [-0.3, -0.25) is 4.79 Å². The summed E-state index contributed by atoms with van der Waals surface area (Å²) in [4.78, 5) is 15.2. The Morgan fingerprint density at radius 1 is 1.33 bits per heavy atom. The molecule has 0 fully saturated rings. The highest BCUT2D eigenvalue weighted by Gasteiger charge is 2.08. The van der Waals surface area contributed by atoms with Gasteiger partial charge in [-0.25, -0.2) is 4.98 Å². The zero-order valence-corrected chi connectivity index (χ0v) is 7.92. The van der Waals surface area contributed by atoms with Gasteiger partial charge in [0.15, 0.2) is 0 Å². The minimum Gasteiger partial charge on any atom is -0.448 e. The normalized spacial score (nSPS) is 9.87. The Bertz CT molecular complexity index is 422. The number of ether oxygens (including phenoxy) is 1. The number of nitrogens with zero attached hydrogens (tertiary/aromatic N) is 1. The molecule has 0 aliphatic rings. The summed E-state index contributed by atoms with van der Waals surface area (Å²) in [7, 11) is 0. The second-order valence-electron chi connectivity index (χ2n) is 2.89. The van der Waals surface area contributed by atoms with Crippen LogP contribution in [0.4, 0.5) is 0 Å². The minimum absolute atomic E-state index is 0.0435. The smallest absolute Gasteiger partial charge is 0.320 e. The molecule has 0 N–H and O–H groups in total. The average Bonchev–Trinajstić information content (AvgIpc) is 2.71. The van der Waals surface area contributed by atoms with Crippen LogP contribution in [0.3, 0.4) is 0 Å². The Kier molecular flexibility index (Phi) is 2.78. The summed E-state index contributed by atoms with van der Waals surface area (Å²) in [6.45, 7) is 0. The highest BCUT2D eigenvalue weighted by molar-refractivity contribution is 5.73. The third kappa shape index (κ3) is 2.67. The number of carbonyl (C=O) groups excluding carboxylic acids is 1. The third-order valence-corrected chi connectivity index (χ3v) is 1.75. The Morgan fingerprint density at radius 3 is 2.80 bits per heavy atom. The van der Waals surface area contributed by atoms with Gasteiger partial charge in [0, 0.05) is 0 Å². The molecular formula is C11H9NO3. The van der Waals surface area contributed by atoms with Crippen molar-refractivity contribution in [1.29, 1.82) is 0 Å². The van der Waals surface area contributed by atoms with Gasteiger partial charge in [-0.15, -0.1) is 0 Å². The first-order valence-electron chi connectivity index (χ1n) is 4.49. The number of carbonyl (C=O) groups is 1. The van der Waals surface area contributed by atoms with E-state index in [0.717, 1.165) is 0 Å². The van der Waals surface area contributed by atoms with Crippen LogP contribution in [0.25, 0.3) is 0 Å². The van der Waals surface area contributed by atoms with E-state index in [-0.39, 0.29) is 12.4 Å². The topological polar surface area (TPSA) is 52.3 Å². The molecule has 0 atom stereocenters. The average molecular weight is 203 g/mol. The number of hydrogen-bond acceptors (Lipinski definition) is 4. The van der Waals surface area contributed by atoms with Crippen molar-refractivity contribution in [2.45, 2.75) is 6.42 Å². The molecule has 2 rings (SSSR count). The molecule has 2 aromatic rings.